The highest BCUT2D eigenvalue weighted by molar-refractivity contribution is 7.99. The molecule has 1 aliphatic rings. The van der Waals surface area contributed by atoms with Crippen LogP contribution < -0.4 is 4.74 Å². The van der Waals surface area contributed by atoms with Gasteiger partial charge in [0.05, 0.1) is 12.9 Å². The minimum atomic E-state index is 0.200. The largest absolute Gasteiger partial charge is 0.497 e. The van der Waals surface area contributed by atoms with Gasteiger partial charge in [0.1, 0.15) is 5.75 Å². The van der Waals surface area contributed by atoms with Gasteiger partial charge >= 0.3 is 0 Å². The second kappa shape index (κ2) is 9.96. The molecule has 0 saturated carbocycles. The van der Waals surface area contributed by atoms with Crippen LogP contribution in [-0.2, 0) is 4.79 Å². The molecule has 6 nitrogen and oxygen atoms in total. The second-order valence-corrected chi connectivity index (χ2v) is 8.38. The summed E-state index contributed by atoms with van der Waals surface area (Å²) in [5, 5.41) is 9.58. The fourth-order valence-corrected chi connectivity index (χ4v) is 4.46. The molecule has 0 atom stereocenters. The Morgan fingerprint density at radius 2 is 1.71 bits per heavy atom. The van der Waals surface area contributed by atoms with Gasteiger partial charge in [-0.25, -0.2) is 0 Å². The molecule has 1 aliphatic heterocycles. The fraction of sp³-hybridized carbons (Fsp3) is 0.571. The number of aromatic nitrogens is 3. The number of carbonyl (C=O) groups excluding carboxylic acids is 1. The summed E-state index contributed by atoms with van der Waals surface area (Å²) in [5.74, 6) is 2.25. The van der Waals surface area contributed by atoms with E-state index in [0.29, 0.717) is 5.75 Å². The number of benzene rings is 1. The Bertz CT molecular complexity index is 765. The molecule has 1 amide bonds. The Morgan fingerprint density at radius 3 is 2.32 bits per heavy atom. The fourth-order valence-electron chi connectivity index (χ4n) is 3.49. The normalized spacial score (nSPS) is 15.4. The van der Waals surface area contributed by atoms with Crippen molar-refractivity contribution in [3.63, 3.8) is 0 Å². The third-order valence-electron chi connectivity index (χ3n) is 5.06. The van der Waals surface area contributed by atoms with Crippen LogP contribution in [0.5, 0.6) is 5.75 Å². The van der Waals surface area contributed by atoms with Crippen molar-refractivity contribution >= 4 is 17.7 Å². The van der Waals surface area contributed by atoms with E-state index in [0.717, 1.165) is 48.2 Å². The first kappa shape index (κ1) is 20.7. The molecule has 1 fully saturated rings. The van der Waals surface area contributed by atoms with Crippen LogP contribution in [0.1, 0.15) is 52.0 Å². The van der Waals surface area contributed by atoms with Crippen LogP contribution in [0, 0.1) is 0 Å². The van der Waals surface area contributed by atoms with Gasteiger partial charge in [-0.2, -0.15) is 0 Å². The zero-order valence-corrected chi connectivity index (χ0v) is 17.9. The molecule has 0 spiro atoms. The van der Waals surface area contributed by atoms with Crippen molar-refractivity contribution in [3.8, 4) is 17.1 Å². The lowest BCUT2D eigenvalue weighted by molar-refractivity contribution is -0.128. The van der Waals surface area contributed by atoms with Crippen LogP contribution in [0.4, 0.5) is 0 Å². The molecule has 0 aliphatic carbocycles. The maximum atomic E-state index is 12.7. The third-order valence-corrected chi connectivity index (χ3v) is 5.99. The summed E-state index contributed by atoms with van der Waals surface area (Å²) in [6.45, 7) is 5.99. The van der Waals surface area contributed by atoms with E-state index < -0.39 is 0 Å². The number of hydrogen-bond donors (Lipinski definition) is 0. The predicted molar refractivity (Wildman–Crippen MR) is 113 cm³/mol. The van der Waals surface area contributed by atoms with Crippen LogP contribution in [0.25, 0.3) is 11.4 Å². The molecular formula is C21H30N4O2S. The quantitative estimate of drug-likeness (QED) is 0.670. The SMILES string of the molecule is COc1ccc(-c2nnc(SCC(=O)N3CCCCCCC3)n2C(C)C)cc1. The molecule has 7 heteroatoms. The van der Waals surface area contributed by atoms with Crippen LogP contribution in [-0.4, -0.2) is 51.5 Å². The maximum absolute atomic E-state index is 12.7. The zero-order valence-electron chi connectivity index (χ0n) is 17.1. The van der Waals surface area contributed by atoms with Gasteiger partial charge < -0.3 is 9.64 Å². The van der Waals surface area contributed by atoms with Crippen molar-refractivity contribution in [2.24, 2.45) is 0 Å². The monoisotopic (exact) mass is 402 g/mol. The molecule has 1 aromatic heterocycles. The van der Waals surface area contributed by atoms with E-state index in [1.54, 1.807) is 7.11 Å². The summed E-state index contributed by atoms with van der Waals surface area (Å²) in [5.41, 5.74) is 0.990. The molecule has 0 radical (unpaired) electrons. The summed E-state index contributed by atoms with van der Waals surface area (Å²) in [4.78, 5) is 14.7. The Hall–Kier alpha value is -2.02. The number of rotatable bonds is 6. The van der Waals surface area contributed by atoms with E-state index in [2.05, 4.69) is 28.6 Å². The lowest BCUT2D eigenvalue weighted by Crippen LogP contribution is -2.35. The smallest absolute Gasteiger partial charge is 0.233 e. The molecule has 0 N–H and O–H groups in total. The molecule has 1 aromatic carbocycles. The summed E-state index contributed by atoms with van der Waals surface area (Å²) < 4.78 is 7.34. The number of hydrogen-bond acceptors (Lipinski definition) is 5. The first-order chi connectivity index (χ1) is 13.6. The molecule has 1 saturated heterocycles. The highest BCUT2D eigenvalue weighted by atomic mass is 32.2. The van der Waals surface area contributed by atoms with Crippen molar-refractivity contribution in [1.29, 1.82) is 0 Å². The van der Waals surface area contributed by atoms with Gasteiger partial charge in [0.2, 0.25) is 5.91 Å². The first-order valence-corrected chi connectivity index (χ1v) is 11.1. The maximum Gasteiger partial charge on any atom is 0.233 e. The Morgan fingerprint density at radius 1 is 1.07 bits per heavy atom. The highest BCUT2D eigenvalue weighted by Gasteiger charge is 2.20. The van der Waals surface area contributed by atoms with Crippen molar-refractivity contribution in [2.45, 2.75) is 57.1 Å². The van der Waals surface area contributed by atoms with Gasteiger partial charge in [0.25, 0.3) is 0 Å². The number of thioether (sulfide) groups is 1. The average molecular weight is 403 g/mol. The molecule has 3 rings (SSSR count). The number of ether oxygens (including phenoxy) is 1. The number of nitrogens with zero attached hydrogens (tertiary/aromatic N) is 4. The van der Waals surface area contributed by atoms with Crippen LogP contribution in [0.3, 0.4) is 0 Å². The highest BCUT2D eigenvalue weighted by Crippen LogP contribution is 2.29. The molecular weight excluding hydrogens is 372 g/mol. The Labute approximate surface area is 171 Å². The first-order valence-electron chi connectivity index (χ1n) is 10.1. The van der Waals surface area contributed by atoms with Gasteiger partial charge in [-0.15, -0.1) is 10.2 Å². The molecule has 152 valence electrons. The minimum Gasteiger partial charge on any atom is -0.497 e. The van der Waals surface area contributed by atoms with E-state index in [1.807, 2.05) is 29.2 Å². The lowest BCUT2D eigenvalue weighted by Gasteiger charge is -2.24. The summed E-state index contributed by atoms with van der Waals surface area (Å²) in [7, 11) is 1.66. The summed E-state index contributed by atoms with van der Waals surface area (Å²) >= 11 is 1.49. The third kappa shape index (κ3) is 5.07. The Kier molecular flexibility index (Phi) is 7.36. The van der Waals surface area contributed by atoms with E-state index in [9.17, 15) is 4.79 Å². The number of amides is 1. The van der Waals surface area contributed by atoms with Crippen molar-refractivity contribution in [3.05, 3.63) is 24.3 Å². The van der Waals surface area contributed by atoms with E-state index in [4.69, 9.17) is 4.74 Å². The van der Waals surface area contributed by atoms with Gasteiger partial charge in [-0.05, 0) is 51.0 Å². The van der Waals surface area contributed by atoms with Crippen LogP contribution in [0.15, 0.2) is 29.4 Å². The zero-order chi connectivity index (χ0) is 19.9. The molecule has 0 bridgehead atoms. The molecule has 2 heterocycles. The van der Waals surface area contributed by atoms with Crippen molar-refractivity contribution in [2.75, 3.05) is 26.0 Å². The summed E-state index contributed by atoms with van der Waals surface area (Å²) in [6.07, 6.45) is 5.97. The van der Waals surface area contributed by atoms with E-state index in [1.165, 1.54) is 31.0 Å². The standard InChI is InChI=1S/C21H30N4O2S/c1-16(2)25-20(17-9-11-18(27-3)12-10-17)22-23-21(25)28-15-19(26)24-13-7-5-4-6-8-14-24/h9-12,16H,4-8,13-15H2,1-3H3. The van der Waals surface area contributed by atoms with Crippen LogP contribution in [0.2, 0.25) is 0 Å². The van der Waals surface area contributed by atoms with E-state index in [-0.39, 0.29) is 11.9 Å². The second-order valence-electron chi connectivity index (χ2n) is 7.44. The molecule has 28 heavy (non-hydrogen) atoms. The minimum absolute atomic E-state index is 0.200. The Balaban J connectivity index is 1.71. The van der Waals surface area contributed by atoms with E-state index >= 15 is 0 Å². The molecule has 2 aromatic rings. The molecule has 0 unspecified atom stereocenters. The van der Waals surface area contributed by atoms with Gasteiger partial charge in [0, 0.05) is 24.7 Å². The number of carbonyl (C=O) groups is 1. The van der Waals surface area contributed by atoms with Gasteiger partial charge in [0.15, 0.2) is 11.0 Å². The van der Waals surface area contributed by atoms with Crippen LogP contribution >= 0.6 is 11.8 Å². The van der Waals surface area contributed by atoms with Gasteiger partial charge in [-0.1, -0.05) is 31.0 Å². The number of methoxy groups -OCH3 is 1. The van der Waals surface area contributed by atoms with Crippen molar-refractivity contribution in [1.82, 2.24) is 19.7 Å². The predicted octanol–water partition coefficient (Wildman–Crippen LogP) is 4.42. The van der Waals surface area contributed by atoms with Crippen molar-refractivity contribution < 1.29 is 9.53 Å². The average Bonchev–Trinajstić information content (AvgIpc) is 3.10. The topological polar surface area (TPSA) is 60.3 Å². The lowest BCUT2D eigenvalue weighted by atomic mass is 10.1. The van der Waals surface area contributed by atoms with Gasteiger partial charge in [-0.3, -0.25) is 9.36 Å². The number of likely N-dealkylation sites (tertiary alicyclic amines) is 1. The summed E-state index contributed by atoms with van der Waals surface area (Å²) in [6, 6.07) is 8.02.